The van der Waals surface area contributed by atoms with Gasteiger partial charge in [0.2, 0.25) is 0 Å². The summed E-state index contributed by atoms with van der Waals surface area (Å²) in [5.74, 6) is -1.34. The van der Waals surface area contributed by atoms with Gasteiger partial charge < -0.3 is 20.3 Å². The van der Waals surface area contributed by atoms with Gasteiger partial charge in [0.15, 0.2) is 0 Å². The number of hydrogen-bond acceptors (Lipinski definition) is 4. The summed E-state index contributed by atoms with van der Waals surface area (Å²) in [6, 6.07) is 11.1. The van der Waals surface area contributed by atoms with Crippen LogP contribution in [0.2, 0.25) is 0 Å². The number of hydrogen-bond donors (Lipinski definition) is 2. The van der Waals surface area contributed by atoms with Crippen LogP contribution in [0.25, 0.3) is 0 Å². The Kier molecular flexibility index (Phi) is 7.79. The second-order valence-electron chi connectivity index (χ2n) is 7.17. The summed E-state index contributed by atoms with van der Waals surface area (Å²) in [5.41, 5.74) is 1.76. The lowest BCUT2D eigenvalue weighted by atomic mass is 10.1. The number of ether oxygens (including phenoxy) is 1. The lowest BCUT2D eigenvalue weighted by molar-refractivity contribution is 0.0943. The van der Waals surface area contributed by atoms with E-state index in [1.807, 2.05) is 13.0 Å². The number of rotatable bonds is 9. The molecule has 1 fully saturated rings. The maximum Gasteiger partial charge on any atom is 0.258 e. The second-order valence-corrected chi connectivity index (χ2v) is 7.17. The topological polar surface area (TPSA) is 70.7 Å². The van der Waals surface area contributed by atoms with Crippen molar-refractivity contribution in [3.8, 4) is 0 Å². The summed E-state index contributed by atoms with van der Waals surface area (Å²) in [6.45, 7) is 5.47. The van der Waals surface area contributed by atoms with E-state index in [9.17, 15) is 14.0 Å². The van der Waals surface area contributed by atoms with Crippen LogP contribution < -0.4 is 15.5 Å². The van der Waals surface area contributed by atoms with Gasteiger partial charge >= 0.3 is 0 Å². The van der Waals surface area contributed by atoms with Gasteiger partial charge in [0.25, 0.3) is 11.8 Å². The highest BCUT2D eigenvalue weighted by atomic mass is 19.1. The fourth-order valence-corrected chi connectivity index (χ4v) is 3.49. The zero-order valence-corrected chi connectivity index (χ0v) is 17.2. The Hall–Kier alpha value is -2.93. The summed E-state index contributed by atoms with van der Waals surface area (Å²) in [4.78, 5) is 27.5. The molecule has 2 amide bonds. The molecule has 0 spiro atoms. The minimum Gasteiger partial charge on any atom is -0.382 e. The third-order valence-electron chi connectivity index (χ3n) is 5.02. The van der Waals surface area contributed by atoms with Crippen LogP contribution in [-0.2, 0) is 4.74 Å². The van der Waals surface area contributed by atoms with Crippen LogP contribution in [0.3, 0.4) is 0 Å². The molecular formula is C23H28FN3O3. The third kappa shape index (κ3) is 5.57. The molecule has 0 aromatic heterocycles. The molecule has 30 heavy (non-hydrogen) atoms. The van der Waals surface area contributed by atoms with Crippen molar-refractivity contribution in [1.82, 2.24) is 5.32 Å². The lowest BCUT2D eigenvalue weighted by Gasteiger charge is -2.22. The minimum atomic E-state index is -0.587. The molecule has 0 radical (unpaired) electrons. The molecule has 6 nitrogen and oxygen atoms in total. The number of anilines is 2. The minimum absolute atomic E-state index is 0.0388. The zero-order chi connectivity index (χ0) is 21.3. The second kappa shape index (κ2) is 10.7. The van der Waals surface area contributed by atoms with Crippen molar-refractivity contribution in [3.05, 3.63) is 59.4 Å². The Morgan fingerprint density at radius 1 is 1.07 bits per heavy atom. The predicted octanol–water partition coefficient (Wildman–Crippen LogP) is 3.83. The number of amides is 2. The van der Waals surface area contributed by atoms with Crippen LogP contribution in [0.4, 0.5) is 15.8 Å². The van der Waals surface area contributed by atoms with Gasteiger partial charge in [-0.1, -0.05) is 12.1 Å². The molecule has 160 valence electrons. The molecule has 1 aliphatic rings. The molecule has 0 atom stereocenters. The first kappa shape index (κ1) is 21.8. The summed E-state index contributed by atoms with van der Waals surface area (Å²) < 4.78 is 19.2. The standard InChI is InChI=1S/C23H28FN3O3/c1-2-30-15-7-12-25-22(28)19-16-17(10-11-21(19)27-13-5-6-14-27)26-23(29)18-8-3-4-9-20(18)24/h3-4,8-11,16H,2,5-7,12-15H2,1H3,(H,25,28)(H,26,29). The van der Waals surface area contributed by atoms with E-state index in [4.69, 9.17) is 4.74 Å². The molecule has 1 saturated heterocycles. The van der Waals surface area contributed by atoms with Crippen LogP contribution in [-0.4, -0.2) is 44.7 Å². The molecule has 0 aliphatic carbocycles. The van der Waals surface area contributed by atoms with Gasteiger partial charge in [-0.25, -0.2) is 4.39 Å². The fourth-order valence-electron chi connectivity index (χ4n) is 3.49. The quantitative estimate of drug-likeness (QED) is 0.613. The highest BCUT2D eigenvalue weighted by Gasteiger charge is 2.21. The summed E-state index contributed by atoms with van der Waals surface area (Å²) in [7, 11) is 0. The van der Waals surface area contributed by atoms with Gasteiger partial charge in [-0.3, -0.25) is 9.59 Å². The van der Waals surface area contributed by atoms with Crippen LogP contribution in [0.15, 0.2) is 42.5 Å². The molecule has 0 saturated carbocycles. The zero-order valence-electron chi connectivity index (χ0n) is 17.2. The number of halogens is 1. The van der Waals surface area contributed by atoms with Gasteiger partial charge in [0, 0.05) is 44.2 Å². The number of carbonyl (C=O) groups excluding carboxylic acids is 2. The number of nitrogens with zero attached hydrogens (tertiary/aromatic N) is 1. The lowest BCUT2D eigenvalue weighted by Crippen LogP contribution is -2.29. The predicted molar refractivity (Wildman–Crippen MR) is 116 cm³/mol. The van der Waals surface area contributed by atoms with E-state index in [2.05, 4.69) is 15.5 Å². The summed E-state index contributed by atoms with van der Waals surface area (Å²) in [5, 5.41) is 5.62. The average molecular weight is 413 g/mol. The van der Waals surface area contributed by atoms with E-state index in [0.717, 1.165) is 38.0 Å². The van der Waals surface area contributed by atoms with E-state index in [0.29, 0.717) is 31.0 Å². The SMILES string of the molecule is CCOCCCNC(=O)c1cc(NC(=O)c2ccccc2F)ccc1N1CCCC1. The normalized spacial score (nSPS) is 13.3. The van der Waals surface area contributed by atoms with Crippen molar-refractivity contribution in [1.29, 1.82) is 0 Å². The summed E-state index contributed by atoms with van der Waals surface area (Å²) in [6.07, 6.45) is 2.89. The molecule has 7 heteroatoms. The Morgan fingerprint density at radius 3 is 2.57 bits per heavy atom. The molecule has 1 aliphatic heterocycles. The molecule has 2 aromatic carbocycles. The smallest absolute Gasteiger partial charge is 0.258 e. The highest BCUT2D eigenvalue weighted by molar-refractivity contribution is 6.06. The van der Waals surface area contributed by atoms with E-state index in [1.165, 1.54) is 18.2 Å². The molecule has 0 bridgehead atoms. The van der Waals surface area contributed by atoms with Crippen molar-refractivity contribution in [2.75, 3.05) is 43.1 Å². The van der Waals surface area contributed by atoms with E-state index in [1.54, 1.807) is 18.2 Å². The first-order valence-corrected chi connectivity index (χ1v) is 10.4. The molecule has 3 rings (SSSR count). The van der Waals surface area contributed by atoms with Crippen molar-refractivity contribution < 1.29 is 18.7 Å². The number of benzene rings is 2. The largest absolute Gasteiger partial charge is 0.382 e. The Labute approximate surface area is 176 Å². The van der Waals surface area contributed by atoms with E-state index >= 15 is 0 Å². The van der Waals surface area contributed by atoms with Crippen LogP contribution in [0, 0.1) is 5.82 Å². The first-order valence-electron chi connectivity index (χ1n) is 10.4. The van der Waals surface area contributed by atoms with Gasteiger partial charge in [0.05, 0.1) is 11.1 Å². The Morgan fingerprint density at radius 2 is 1.83 bits per heavy atom. The molecule has 2 N–H and O–H groups in total. The van der Waals surface area contributed by atoms with Crippen LogP contribution >= 0.6 is 0 Å². The van der Waals surface area contributed by atoms with Gasteiger partial charge in [-0.05, 0) is 56.5 Å². The molecular weight excluding hydrogens is 385 g/mol. The van der Waals surface area contributed by atoms with Gasteiger partial charge in [0.1, 0.15) is 5.82 Å². The number of carbonyl (C=O) groups is 2. The van der Waals surface area contributed by atoms with Gasteiger partial charge in [-0.2, -0.15) is 0 Å². The maximum atomic E-state index is 13.9. The Bertz CT molecular complexity index is 882. The van der Waals surface area contributed by atoms with Crippen molar-refractivity contribution in [2.24, 2.45) is 0 Å². The fraction of sp³-hybridized carbons (Fsp3) is 0.391. The van der Waals surface area contributed by atoms with Crippen molar-refractivity contribution in [2.45, 2.75) is 26.2 Å². The molecule has 1 heterocycles. The maximum absolute atomic E-state index is 13.9. The van der Waals surface area contributed by atoms with Gasteiger partial charge in [-0.15, -0.1) is 0 Å². The monoisotopic (exact) mass is 413 g/mol. The first-order chi connectivity index (χ1) is 14.6. The van der Waals surface area contributed by atoms with Crippen molar-refractivity contribution in [3.63, 3.8) is 0 Å². The summed E-state index contributed by atoms with van der Waals surface area (Å²) >= 11 is 0. The number of nitrogens with one attached hydrogen (secondary N) is 2. The highest BCUT2D eigenvalue weighted by Crippen LogP contribution is 2.28. The Balaban J connectivity index is 1.77. The third-order valence-corrected chi connectivity index (χ3v) is 5.02. The molecule has 0 unspecified atom stereocenters. The van der Waals surface area contributed by atoms with E-state index in [-0.39, 0.29) is 11.5 Å². The van der Waals surface area contributed by atoms with Crippen LogP contribution in [0.5, 0.6) is 0 Å². The van der Waals surface area contributed by atoms with E-state index < -0.39 is 11.7 Å². The molecule has 2 aromatic rings. The van der Waals surface area contributed by atoms with Crippen molar-refractivity contribution >= 4 is 23.2 Å². The average Bonchev–Trinajstić information content (AvgIpc) is 3.28. The van der Waals surface area contributed by atoms with Crippen LogP contribution in [0.1, 0.15) is 46.9 Å².